The molecule has 0 aliphatic carbocycles. The summed E-state index contributed by atoms with van der Waals surface area (Å²) in [6, 6.07) is 12.9. The van der Waals surface area contributed by atoms with Crippen LogP contribution in [0.4, 0.5) is 5.69 Å². The van der Waals surface area contributed by atoms with Crippen molar-refractivity contribution >= 4 is 69.2 Å². The van der Waals surface area contributed by atoms with Crippen molar-refractivity contribution < 1.29 is 4.79 Å². The first kappa shape index (κ1) is 16.5. The van der Waals surface area contributed by atoms with Crippen LogP contribution >= 0.6 is 47.2 Å². The van der Waals surface area contributed by atoms with Crippen molar-refractivity contribution in [1.29, 1.82) is 0 Å². The van der Waals surface area contributed by atoms with Crippen LogP contribution in [0.15, 0.2) is 47.4 Å². The van der Waals surface area contributed by atoms with Crippen LogP contribution in [-0.2, 0) is 4.79 Å². The number of benzene rings is 2. The topological polar surface area (TPSA) is 20.3 Å². The van der Waals surface area contributed by atoms with Crippen molar-refractivity contribution in [2.45, 2.75) is 6.92 Å². The van der Waals surface area contributed by atoms with Crippen molar-refractivity contribution in [3.63, 3.8) is 0 Å². The number of nitrogens with zero attached hydrogens (tertiary/aromatic N) is 1. The summed E-state index contributed by atoms with van der Waals surface area (Å²) >= 11 is 18.7. The fourth-order valence-electron chi connectivity index (χ4n) is 2.15. The molecule has 0 atom stereocenters. The van der Waals surface area contributed by atoms with E-state index < -0.39 is 0 Å². The molecule has 3 rings (SSSR count). The van der Waals surface area contributed by atoms with E-state index in [1.54, 1.807) is 18.2 Å². The number of hydrogen-bond donors (Lipinski definition) is 0. The Kier molecular flexibility index (Phi) is 4.78. The minimum absolute atomic E-state index is 0.176. The monoisotopic (exact) mass is 379 g/mol. The zero-order chi connectivity index (χ0) is 16.6. The molecule has 2 aromatic rings. The van der Waals surface area contributed by atoms with Crippen LogP contribution in [0, 0.1) is 6.92 Å². The Bertz CT molecular complexity index is 831. The maximum atomic E-state index is 12.7. The maximum absolute atomic E-state index is 12.7. The second-order valence-corrected chi connectivity index (χ2v) is 7.54. The Morgan fingerprint density at radius 3 is 2.48 bits per heavy atom. The van der Waals surface area contributed by atoms with Gasteiger partial charge in [0.05, 0.1) is 15.6 Å². The molecule has 1 amide bonds. The van der Waals surface area contributed by atoms with Gasteiger partial charge in [0, 0.05) is 5.02 Å². The lowest BCUT2D eigenvalue weighted by molar-refractivity contribution is -0.113. The Balaban J connectivity index is 1.95. The number of hydrogen-bond acceptors (Lipinski definition) is 3. The van der Waals surface area contributed by atoms with Crippen molar-refractivity contribution in [2.75, 3.05) is 4.90 Å². The molecule has 0 bridgehead atoms. The standard InChI is InChI=1S/C17H11Cl2NOS2/c1-10-2-4-11(5-3-10)8-15-16(21)20(17(22)23-15)14-7-6-12(18)9-13(14)19/h2-9H,1H3/b15-8-. The molecule has 0 spiro atoms. The molecule has 0 aromatic heterocycles. The lowest BCUT2D eigenvalue weighted by Gasteiger charge is -2.16. The van der Waals surface area contributed by atoms with Gasteiger partial charge in [-0.2, -0.15) is 0 Å². The van der Waals surface area contributed by atoms with E-state index in [0.29, 0.717) is 25.0 Å². The molecule has 1 fully saturated rings. The molecule has 1 aliphatic rings. The van der Waals surface area contributed by atoms with Crippen LogP contribution in [0.3, 0.4) is 0 Å². The van der Waals surface area contributed by atoms with E-state index in [1.807, 2.05) is 37.3 Å². The third-order valence-electron chi connectivity index (χ3n) is 3.32. The molecule has 2 nitrogen and oxygen atoms in total. The van der Waals surface area contributed by atoms with Crippen LogP contribution in [0.1, 0.15) is 11.1 Å². The van der Waals surface area contributed by atoms with Gasteiger partial charge in [-0.3, -0.25) is 9.69 Å². The van der Waals surface area contributed by atoms with Gasteiger partial charge in [0.15, 0.2) is 4.32 Å². The van der Waals surface area contributed by atoms with Gasteiger partial charge in [-0.1, -0.05) is 77.0 Å². The Morgan fingerprint density at radius 1 is 1.13 bits per heavy atom. The van der Waals surface area contributed by atoms with E-state index in [9.17, 15) is 4.79 Å². The van der Waals surface area contributed by atoms with E-state index in [4.69, 9.17) is 35.4 Å². The molecule has 0 saturated carbocycles. The molecule has 1 aliphatic heterocycles. The fourth-order valence-corrected chi connectivity index (χ4v) is 3.93. The van der Waals surface area contributed by atoms with Crippen LogP contribution in [0.25, 0.3) is 6.08 Å². The summed E-state index contributed by atoms with van der Waals surface area (Å²) in [7, 11) is 0. The fraction of sp³-hybridized carbons (Fsp3) is 0.0588. The number of anilines is 1. The summed E-state index contributed by atoms with van der Waals surface area (Å²) < 4.78 is 0.456. The van der Waals surface area contributed by atoms with Gasteiger partial charge in [0.1, 0.15) is 0 Å². The predicted octanol–water partition coefficient (Wildman–Crippen LogP) is 5.71. The van der Waals surface area contributed by atoms with E-state index in [2.05, 4.69) is 0 Å². The summed E-state index contributed by atoms with van der Waals surface area (Å²) in [5.74, 6) is -0.176. The molecular formula is C17H11Cl2NOS2. The number of carbonyl (C=O) groups is 1. The molecule has 6 heteroatoms. The Labute approximate surface area is 154 Å². The highest BCUT2D eigenvalue weighted by molar-refractivity contribution is 8.27. The first-order valence-electron chi connectivity index (χ1n) is 6.75. The molecule has 1 saturated heterocycles. The molecular weight excluding hydrogens is 369 g/mol. The van der Waals surface area contributed by atoms with Crippen molar-refractivity contribution in [3.8, 4) is 0 Å². The second kappa shape index (κ2) is 6.65. The third-order valence-corrected chi connectivity index (χ3v) is 5.16. The Morgan fingerprint density at radius 2 is 1.83 bits per heavy atom. The molecule has 0 N–H and O–H groups in total. The largest absolute Gasteiger partial charge is 0.270 e. The summed E-state index contributed by atoms with van der Waals surface area (Å²) in [5.41, 5.74) is 2.67. The number of carbonyl (C=O) groups excluding carboxylic acids is 1. The number of thioether (sulfide) groups is 1. The maximum Gasteiger partial charge on any atom is 0.270 e. The SMILES string of the molecule is Cc1ccc(/C=C2\SC(=S)N(c3ccc(Cl)cc3Cl)C2=O)cc1. The third kappa shape index (κ3) is 3.45. The highest BCUT2D eigenvalue weighted by Crippen LogP contribution is 2.39. The smallest absolute Gasteiger partial charge is 0.268 e. The number of aryl methyl sites for hydroxylation is 1. The summed E-state index contributed by atoms with van der Waals surface area (Å²) in [6.07, 6.45) is 1.84. The Hall–Kier alpha value is -1.33. The van der Waals surface area contributed by atoms with E-state index >= 15 is 0 Å². The molecule has 0 unspecified atom stereocenters. The van der Waals surface area contributed by atoms with Gasteiger partial charge < -0.3 is 0 Å². The number of amides is 1. The van der Waals surface area contributed by atoms with Gasteiger partial charge in [0.2, 0.25) is 0 Å². The van der Waals surface area contributed by atoms with Crippen molar-refractivity contribution in [2.24, 2.45) is 0 Å². The summed E-state index contributed by atoms with van der Waals surface area (Å²) in [5, 5.41) is 0.907. The second-order valence-electron chi connectivity index (χ2n) is 5.02. The predicted molar refractivity (Wildman–Crippen MR) is 103 cm³/mol. The van der Waals surface area contributed by atoms with Crippen LogP contribution in [-0.4, -0.2) is 10.2 Å². The van der Waals surface area contributed by atoms with E-state index in [1.165, 1.54) is 22.2 Å². The van der Waals surface area contributed by atoms with E-state index in [0.717, 1.165) is 5.56 Å². The lowest BCUT2D eigenvalue weighted by atomic mass is 10.1. The zero-order valence-electron chi connectivity index (χ0n) is 12.0. The first-order chi connectivity index (χ1) is 11.0. The van der Waals surface area contributed by atoms with Gasteiger partial charge in [-0.05, 0) is 36.8 Å². The number of halogens is 2. The van der Waals surface area contributed by atoms with Crippen LogP contribution < -0.4 is 4.90 Å². The highest BCUT2D eigenvalue weighted by Gasteiger charge is 2.34. The normalized spacial score (nSPS) is 16.5. The average molecular weight is 380 g/mol. The van der Waals surface area contributed by atoms with E-state index in [-0.39, 0.29) is 5.91 Å². The number of thiocarbonyl (C=S) groups is 1. The number of rotatable bonds is 2. The molecule has 0 radical (unpaired) electrons. The highest BCUT2D eigenvalue weighted by atomic mass is 35.5. The lowest BCUT2D eigenvalue weighted by Crippen LogP contribution is -2.27. The van der Waals surface area contributed by atoms with Crippen LogP contribution in [0.5, 0.6) is 0 Å². The summed E-state index contributed by atoms with van der Waals surface area (Å²) in [6.45, 7) is 2.02. The van der Waals surface area contributed by atoms with Crippen LogP contribution in [0.2, 0.25) is 10.0 Å². The molecule has 1 heterocycles. The molecule has 2 aromatic carbocycles. The quantitative estimate of drug-likeness (QED) is 0.492. The van der Waals surface area contributed by atoms with Gasteiger partial charge in [-0.15, -0.1) is 0 Å². The van der Waals surface area contributed by atoms with Gasteiger partial charge in [0.25, 0.3) is 5.91 Å². The zero-order valence-corrected chi connectivity index (χ0v) is 15.2. The van der Waals surface area contributed by atoms with Crippen molar-refractivity contribution in [3.05, 3.63) is 68.5 Å². The van der Waals surface area contributed by atoms with Gasteiger partial charge >= 0.3 is 0 Å². The molecule has 23 heavy (non-hydrogen) atoms. The minimum atomic E-state index is -0.176. The average Bonchev–Trinajstić information content (AvgIpc) is 2.77. The minimum Gasteiger partial charge on any atom is -0.268 e. The van der Waals surface area contributed by atoms with Gasteiger partial charge in [-0.25, -0.2) is 0 Å². The first-order valence-corrected chi connectivity index (χ1v) is 8.73. The summed E-state index contributed by atoms with van der Waals surface area (Å²) in [4.78, 5) is 14.7. The van der Waals surface area contributed by atoms with Crippen molar-refractivity contribution in [1.82, 2.24) is 0 Å². The molecule has 116 valence electrons.